The number of amides is 1. The van der Waals surface area contributed by atoms with Crippen LogP contribution in [0.1, 0.15) is 53.9 Å². The number of carbonyl (C=O) groups is 1. The van der Waals surface area contributed by atoms with Crippen LogP contribution >= 0.6 is 0 Å². The predicted octanol–water partition coefficient (Wildman–Crippen LogP) is 2.74. The number of nitrogens with one attached hydrogen (secondary N) is 1. The molecule has 0 spiro atoms. The van der Waals surface area contributed by atoms with Gasteiger partial charge in [-0.05, 0) is 33.1 Å². The first-order chi connectivity index (χ1) is 7.55. The fraction of sp³-hybridized carbons (Fsp3) is 0.923. The molecule has 1 rings (SSSR count). The van der Waals surface area contributed by atoms with Crippen molar-refractivity contribution in [2.24, 2.45) is 5.92 Å². The molecule has 1 heterocycles. The van der Waals surface area contributed by atoms with Gasteiger partial charge in [0.25, 0.3) is 0 Å². The van der Waals surface area contributed by atoms with Crippen molar-refractivity contribution in [2.75, 3.05) is 13.2 Å². The lowest BCUT2D eigenvalue weighted by molar-refractivity contribution is -0.135. The van der Waals surface area contributed by atoms with Crippen LogP contribution in [0.15, 0.2) is 0 Å². The van der Waals surface area contributed by atoms with Gasteiger partial charge in [-0.15, -0.1) is 0 Å². The topological polar surface area (TPSA) is 38.3 Å². The average Bonchev–Trinajstić information content (AvgIpc) is 2.27. The second-order valence-electron chi connectivity index (χ2n) is 4.59. The number of ether oxygens (including phenoxy) is 1. The van der Waals surface area contributed by atoms with E-state index in [4.69, 9.17) is 4.74 Å². The van der Waals surface area contributed by atoms with Crippen LogP contribution in [0.4, 0.5) is 0 Å². The summed E-state index contributed by atoms with van der Waals surface area (Å²) in [5.41, 5.74) is -0.132. The van der Waals surface area contributed by atoms with E-state index in [0.717, 1.165) is 25.8 Å². The number of rotatable bonds is 3. The molecule has 1 fully saturated rings. The third kappa shape index (κ3) is 5.50. The maximum Gasteiger partial charge on any atom is 0.223 e. The van der Waals surface area contributed by atoms with Crippen LogP contribution in [0.25, 0.3) is 0 Å². The summed E-state index contributed by atoms with van der Waals surface area (Å²) in [4.78, 5) is 11.7. The molecule has 0 bridgehead atoms. The van der Waals surface area contributed by atoms with E-state index < -0.39 is 0 Å². The zero-order chi connectivity index (χ0) is 12.6. The van der Waals surface area contributed by atoms with Crippen LogP contribution in [0.3, 0.4) is 0 Å². The molecule has 3 heteroatoms. The van der Waals surface area contributed by atoms with Crippen molar-refractivity contribution >= 4 is 5.91 Å². The van der Waals surface area contributed by atoms with Crippen molar-refractivity contribution in [3.63, 3.8) is 0 Å². The lowest BCUT2D eigenvalue weighted by Crippen LogP contribution is -2.41. The third-order valence-electron chi connectivity index (χ3n) is 2.62. The van der Waals surface area contributed by atoms with Crippen molar-refractivity contribution in [1.82, 2.24) is 5.32 Å². The average molecular weight is 229 g/mol. The summed E-state index contributed by atoms with van der Waals surface area (Å²) in [5.74, 6) is 0.341. The van der Waals surface area contributed by atoms with E-state index in [1.54, 1.807) is 0 Å². The fourth-order valence-corrected chi connectivity index (χ4v) is 1.85. The Morgan fingerprint density at radius 3 is 2.56 bits per heavy atom. The van der Waals surface area contributed by atoms with Gasteiger partial charge in [-0.3, -0.25) is 4.79 Å². The van der Waals surface area contributed by atoms with Crippen molar-refractivity contribution in [1.29, 1.82) is 0 Å². The molecule has 0 aromatic carbocycles. The van der Waals surface area contributed by atoms with Crippen molar-refractivity contribution < 1.29 is 9.53 Å². The second kappa shape index (κ2) is 7.66. The van der Waals surface area contributed by atoms with Crippen LogP contribution in [0.2, 0.25) is 0 Å². The Morgan fingerprint density at radius 2 is 2.06 bits per heavy atom. The van der Waals surface area contributed by atoms with Crippen LogP contribution < -0.4 is 5.32 Å². The Hall–Kier alpha value is -0.570. The molecule has 1 N–H and O–H groups in total. The van der Waals surface area contributed by atoms with Crippen molar-refractivity contribution in [3.8, 4) is 0 Å². The standard InChI is InChI=1S/C11H21NO2.C2H6/c1-4-6-12-10(13)9-5-7-14-11(2,3)8-9;1-2/h9H,4-8H2,1-3H3,(H,12,13);1-2H3. The molecule has 0 aromatic rings. The molecule has 1 aliphatic rings. The predicted molar refractivity (Wildman–Crippen MR) is 67.4 cm³/mol. The molecule has 1 atom stereocenters. The highest BCUT2D eigenvalue weighted by Crippen LogP contribution is 2.28. The molecule has 0 aliphatic carbocycles. The Balaban J connectivity index is 0.00000106. The molecule has 1 amide bonds. The van der Waals surface area contributed by atoms with E-state index in [1.807, 2.05) is 27.7 Å². The third-order valence-corrected chi connectivity index (χ3v) is 2.62. The van der Waals surface area contributed by atoms with Gasteiger partial charge in [0, 0.05) is 19.1 Å². The molecule has 1 saturated heterocycles. The molecular formula is C13H27NO2. The van der Waals surface area contributed by atoms with Gasteiger partial charge >= 0.3 is 0 Å². The number of hydrogen-bond acceptors (Lipinski definition) is 2. The van der Waals surface area contributed by atoms with E-state index in [2.05, 4.69) is 12.2 Å². The first-order valence-electron chi connectivity index (χ1n) is 6.47. The summed E-state index contributed by atoms with van der Waals surface area (Å²) >= 11 is 0. The Kier molecular flexibility index (Phi) is 7.39. The normalized spacial score (nSPS) is 22.9. The van der Waals surface area contributed by atoms with Crippen LogP contribution in [0.5, 0.6) is 0 Å². The van der Waals surface area contributed by atoms with Gasteiger partial charge < -0.3 is 10.1 Å². The minimum absolute atomic E-state index is 0.132. The molecule has 1 unspecified atom stereocenters. The minimum Gasteiger partial charge on any atom is -0.376 e. The Bertz CT molecular complexity index is 202. The molecule has 0 saturated carbocycles. The summed E-state index contributed by atoms with van der Waals surface area (Å²) in [6, 6.07) is 0. The molecule has 96 valence electrons. The van der Waals surface area contributed by atoms with E-state index in [9.17, 15) is 4.79 Å². The minimum atomic E-state index is -0.132. The van der Waals surface area contributed by atoms with Gasteiger partial charge in [0.15, 0.2) is 0 Å². The molecule has 0 radical (unpaired) electrons. The van der Waals surface area contributed by atoms with Crippen molar-refractivity contribution in [2.45, 2.75) is 59.5 Å². The molecular weight excluding hydrogens is 202 g/mol. The monoisotopic (exact) mass is 229 g/mol. The highest BCUT2D eigenvalue weighted by Gasteiger charge is 2.32. The zero-order valence-electron chi connectivity index (χ0n) is 11.4. The maximum atomic E-state index is 11.7. The Morgan fingerprint density at radius 1 is 1.44 bits per heavy atom. The second-order valence-corrected chi connectivity index (χ2v) is 4.59. The molecule has 3 nitrogen and oxygen atoms in total. The smallest absolute Gasteiger partial charge is 0.223 e. The highest BCUT2D eigenvalue weighted by molar-refractivity contribution is 5.78. The molecule has 0 aromatic heterocycles. The quantitative estimate of drug-likeness (QED) is 0.808. The number of carbonyl (C=O) groups excluding carboxylic acids is 1. The van der Waals surface area contributed by atoms with Crippen LogP contribution in [-0.2, 0) is 9.53 Å². The number of hydrogen-bond donors (Lipinski definition) is 1. The van der Waals surface area contributed by atoms with Gasteiger partial charge in [-0.1, -0.05) is 20.8 Å². The first-order valence-corrected chi connectivity index (χ1v) is 6.47. The maximum absolute atomic E-state index is 11.7. The van der Waals surface area contributed by atoms with Gasteiger partial charge in [-0.25, -0.2) is 0 Å². The summed E-state index contributed by atoms with van der Waals surface area (Å²) in [7, 11) is 0. The SMILES string of the molecule is CC.CCCNC(=O)C1CCOC(C)(C)C1. The van der Waals surface area contributed by atoms with Crippen LogP contribution in [-0.4, -0.2) is 24.7 Å². The van der Waals surface area contributed by atoms with E-state index >= 15 is 0 Å². The zero-order valence-corrected chi connectivity index (χ0v) is 11.4. The lowest BCUT2D eigenvalue weighted by Gasteiger charge is -2.34. The summed E-state index contributed by atoms with van der Waals surface area (Å²) in [5, 5.41) is 2.95. The molecule has 16 heavy (non-hydrogen) atoms. The fourth-order valence-electron chi connectivity index (χ4n) is 1.85. The summed E-state index contributed by atoms with van der Waals surface area (Å²) in [6.45, 7) is 11.7. The van der Waals surface area contributed by atoms with Gasteiger partial charge in [0.2, 0.25) is 5.91 Å². The van der Waals surface area contributed by atoms with Crippen LogP contribution in [0, 0.1) is 5.92 Å². The van der Waals surface area contributed by atoms with Gasteiger partial charge in [0.05, 0.1) is 5.60 Å². The highest BCUT2D eigenvalue weighted by atomic mass is 16.5. The first kappa shape index (κ1) is 15.4. The Labute approximate surface area is 99.9 Å². The van der Waals surface area contributed by atoms with E-state index in [1.165, 1.54) is 0 Å². The summed E-state index contributed by atoms with van der Waals surface area (Å²) in [6.07, 6.45) is 2.69. The van der Waals surface area contributed by atoms with Gasteiger partial charge in [0.1, 0.15) is 0 Å². The van der Waals surface area contributed by atoms with E-state index in [-0.39, 0.29) is 17.4 Å². The lowest BCUT2D eigenvalue weighted by atomic mass is 9.88. The van der Waals surface area contributed by atoms with E-state index in [0.29, 0.717) is 6.61 Å². The summed E-state index contributed by atoms with van der Waals surface area (Å²) < 4.78 is 5.57. The van der Waals surface area contributed by atoms with Gasteiger partial charge in [-0.2, -0.15) is 0 Å². The molecule has 1 aliphatic heterocycles. The largest absolute Gasteiger partial charge is 0.376 e. The van der Waals surface area contributed by atoms with Crippen molar-refractivity contribution in [3.05, 3.63) is 0 Å².